The van der Waals surface area contributed by atoms with Crippen LogP contribution in [0.2, 0.25) is 0 Å². The fourth-order valence-corrected chi connectivity index (χ4v) is 1.06. The first-order valence-electron chi connectivity index (χ1n) is 2.88. The number of carbonyl (C=O) groups excluding carboxylic acids is 1. The Kier molecular flexibility index (Phi) is 3.42. The van der Waals surface area contributed by atoms with Crippen molar-refractivity contribution in [2.45, 2.75) is 19.1 Å². The molecule has 4 heteroatoms. The molecule has 0 saturated carbocycles. The van der Waals surface area contributed by atoms with Gasteiger partial charge < -0.3 is 5.11 Å². The standard InChI is InChI=1S/C6H10O3S/c1-3(7)5(4(2)10)6(8)9/h4-5,10H,1-2H3,(H,8,9). The van der Waals surface area contributed by atoms with Crippen LogP contribution in [-0.4, -0.2) is 22.1 Å². The fourth-order valence-electron chi connectivity index (χ4n) is 0.720. The lowest BCUT2D eigenvalue weighted by Crippen LogP contribution is -2.28. The van der Waals surface area contributed by atoms with Gasteiger partial charge in [-0.2, -0.15) is 12.6 Å². The van der Waals surface area contributed by atoms with E-state index in [2.05, 4.69) is 12.6 Å². The van der Waals surface area contributed by atoms with Crippen LogP contribution in [0.25, 0.3) is 0 Å². The van der Waals surface area contributed by atoms with E-state index in [1.165, 1.54) is 6.92 Å². The van der Waals surface area contributed by atoms with Crippen LogP contribution in [0, 0.1) is 5.92 Å². The maximum Gasteiger partial charge on any atom is 0.315 e. The predicted molar refractivity (Wildman–Crippen MR) is 40.3 cm³/mol. The monoisotopic (exact) mass is 162 g/mol. The van der Waals surface area contributed by atoms with Gasteiger partial charge in [0.2, 0.25) is 0 Å². The van der Waals surface area contributed by atoms with Gasteiger partial charge >= 0.3 is 5.97 Å². The number of thiol groups is 1. The van der Waals surface area contributed by atoms with Crippen LogP contribution in [0.3, 0.4) is 0 Å². The van der Waals surface area contributed by atoms with E-state index in [0.717, 1.165) is 0 Å². The summed E-state index contributed by atoms with van der Waals surface area (Å²) >= 11 is 3.87. The summed E-state index contributed by atoms with van der Waals surface area (Å²) in [4.78, 5) is 20.9. The number of ketones is 1. The van der Waals surface area contributed by atoms with Crippen LogP contribution in [0.1, 0.15) is 13.8 Å². The van der Waals surface area contributed by atoms with Crippen molar-refractivity contribution < 1.29 is 14.7 Å². The van der Waals surface area contributed by atoms with E-state index in [-0.39, 0.29) is 5.78 Å². The molecule has 3 nitrogen and oxygen atoms in total. The van der Waals surface area contributed by atoms with Crippen molar-refractivity contribution in [3.8, 4) is 0 Å². The van der Waals surface area contributed by atoms with Crippen molar-refractivity contribution in [2.24, 2.45) is 5.92 Å². The van der Waals surface area contributed by atoms with Gasteiger partial charge in [-0.15, -0.1) is 0 Å². The second kappa shape index (κ2) is 3.61. The largest absolute Gasteiger partial charge is 0.481 e. The van der Waals surface area contributed by atoms with Crippen LogP contribution in [-0.2, 0) is 9.59 Å². The molecule has 0 amide bonds. The lowest BCUT2D eigenvalue weighted by molar-refractivity contribution is -0.145. The lowest BCUT2D eigenvalue weighted by Gasteiger charge is -2.10. The summed E-state index contributed by atoms with van der Waals surface area (Å²) in [7, 11) is 0. The molecule has 10 heavy (non-hydrogen) atoms. The van der Waals surface area contributed by atoms with E-state index in [9.17, 15) is 9.59 Å². The smallest absolute Gasteiger partial charge is 0.315 e. The van der Waals surface area contributed by atoms with Crippen molar-refractivity contribution in [2.75, 3.05) is 0 Å². The quantitative estimate of drug-likeness (QED) is 0.472. The molecule has 58 valence electrons. The molecule has 0 fully saturated rings. The normalized spacial score (nSPS) is 15.9. The number of hydrogen-bond donors (Lipinski definition) is 2. The zero-order chi connectivity index (χ0) is 8.31. The minimum Gasteiger partial charge on any atom is -0.481 e. The van der Waals surface area contributed by atoms with Crippen LogP contribution >= 0.6 is 12.6 Å². The third-order valence-corrected chi connectivity index (χ3v) is 1.48. The molecule has 0 saturated heterocycles. The van der Waals surface area contributed by atoms with Crippen LogP contribution in [0.4, 0.5) is 0 Å². The number of carboxylic acid groups (broad SMARTS) is 1. The van der Waals surface area contributed by atoms with Gasteiger partial charge in [-0.05, 0) is 6.92 Å². The molecule has 0 aliphatic carbocycles. The first-order valence-corrected chi connectivity index (χ1v) is 3.39. The van der Waals surface area contributed by atoms with Crippen LogP contribution in [0.15, 0.2) is 0 Å². The van der Waals surface area contributed by atoms with Crippen molar-refractivity contribution in [1.29, 1.82) is 0 Å². The van der Waals surface area contributed by atoms with Crippen molar-refractivity contribution in [3.63, 3.8) is 0 Å². The van der Waals surface area contributed by atoms with Crippen LogP contribution in [0.5, 0.6) is 0 Å². The number of carbonyl (C=O) groups is 2. The SMILES string of the molecule is CC(=O)C(C(=O)O)C(C)S. The van der Waals surface area contributed by atoms with Gasteiger partial charge in [0.25, 0.3) is 0 Å². The van der Waals surface area contributed by atoms with E-state index in [4.69, 9.17) is 5.11 Å². The molecule has 2 atom stereocenters. The summed E-state index contributed by atoms with van der Waals surface area (Å²) in [5, 5.41) is 8.02. The zero-order valence-electron chi connectivity index (χ0n) is 5.87. The zero-order valence-corrected chi connectivity index (χ0v) is 6.76. The molecule has 0 radical (unpaired) electrons. The number of Topliss-reactive ketones (excluding diaryl/α,β-unsaturated/α-hetero) is 1. The van der Waals surface area contributed by atoms with Crippen molar-refractivity contribution >= 4 is 24.4 Å². The summed E-state index contributed by atoms with van der Waals surface area (Å²) in [5.74, 6) is -2.42. The van der Waals surface area contributed by atoms with Gasteiger partial charge in [-0.25, -0.2) is 0 Å². The maximum atomic E-state index is 10.6. The Morgan fingerprint density at radius 3 is 1.90 bits per heavy atom. The fraction of sp³-hybridized carbons (Fsp3) is 0.667. The number of hydrogen-bond acceptors (Lipinski definition) is 3. The molecule has 0 aromatic rings. The number of carboxylic acids is 1. The average molecular weight is 162 g/mol. The second-order valence-electron chi connectivity index (χ2n) is 2.17. The summed E-state index contributed by atoms with van der Waals surface area (Å²) in [6.45, 7) is 2.84. The number of rotatable bonds is 3. The van der Waals surface area contributed by atoms with Gasteiger partial charge in [0.05, 0.1) is 0 Å². The minimum absolute atomic E-state index is 0.352. The molecule has 0 aliphatic heterocycles. The maximum absolute atomic E-state index is 10.6. The van der Waals surface area contributed by atoms with Gasteiger partial charge in [0.1, 0.15) is 11.7 Å². The highest BCUT2D eigenvalue weighted by atomic mass is 32.1. The first-order chi connectivity index (χ1) is 4.46. The summed E-state index contributed by atoms with van der Waals surface area (Å²) in [6.07, 6.45) is 0. The van der Waals surface area contributed by atoms with Gasteiger partial charge in [0, 0.05) is 5.25 Å². The third kappa shape index (κ3) is 2.39. The summed E-state index contributed by atoms with van der Waals surface area (Å²) in [5.41, 5.74) is 0. The predicted octanol–water partition coefficient (Wildman–Crippen LogP) is 0.594. The molecular formula is C6H10O3S. The Hall–Kier alpha value is -0.510. The first kappa shape index (κ1) is 9.49. The Morgan fingerprint density at radius 1 is 1.50 bits per heavy atom. The summed E-state index contributed by atoms with van der Waals surface area (Å²) < 4.78 is 0. The van der Waals surface area contributed by atoms with E-state index in [1.807, 2.05) is 0 Å². The Balaban J connectivity index is 4.27. The van der Waals surface area contributed by atoms with E-state index in [1.54, 1.807) is 6.92 Å². The molecule has 0 bridgehead atoms. The van der Waals surface area contributed by atoms with Gasteiger partial charge in [0.15, 0.2) is 0 Å². The third-order valence-electron chi connectivity index (χ3n) is 1.19. The van der Waals surface area contributed by atoms with Crippen molar-refractivity contribution in [1.82, 2.24) is 0 Å². The Labute approximate surface area is 64.8 Å². The van der Waals surface area contributed by atoms with Gasteiger partial charge in [-0.1, -0.05) is 6.92 Å². The minimum atomic E-state index is -1.10. The summed E-state index contributed by atoms with van der Waals surface area (Å²) in [6, 6.07) is 0. The molecule has 1 N–H and O–H groups in total. The number of aliphatic carboxylic acids is 1. The van der Waals surface area contributed by atoms with E-state index < -0.39 is 17.1 Å². The van der Waals surface area contributed by atoms with E-state index >= 15 is 0 Å². The molecule has 0 aromatic carbocycles. The average Bonchev–Trinajstić information content (AvgIpc) is 1.59. The molecule has 0 aliphatic rings. The molecule has 0 rings (SSSR count). The second-order valence-corrected chi connectivity index (χ2v) is 2.98. The topological polar surface area (TPSA) is 54.4 Å². The van der Waals surface area contributed by atoms with Crippen LogP contribution < -0.4 is 0 Å². The highest BCUT2D eigenvalue weighted by Gasteiger charge is 2.26. The highest BCUT2D eigenvalue weighted by molar-refractivity contribution is 7.81. The highest BCUT2D eigenvalue weighted by Crippen LogP contribution is 2.10. The van der Waals surface area contributed by atoms with Crippen molar-refractivity contribution in [3.05, 3.63) is 0 Å². The molecule has 0 aromatic heterocycles. The molecule has 2 unspecified atom stereocenters. The van der Waals surface area contributed by atoms with Gasteiger partial charge in [-0.3, -0.25) is 9.59 Å². The Morgan fingerprint density at radius 2 is 1.90 bits per heavy atom. The molecule has 0 heterocycles. The lowest BCUT2D eigenvalue weighted by atomic mass is 10.0. The molecule has 0 spiro atoms. The molecular weight excluding hydrogens is 152 g/mol. The Bertz CT molecular complexity index is 139. The van der Waals surface area contributed by atoms with E-state index in [0.29, 0.717) is 0 Å².